The highest BCUT2D eigenvalue weighted by atomic mass is 32.1. The largest absolute Gasteiger partial charge is 0.391 e. The summed E-state index contributed by atoms with van der Waals surface area (Å²) < 4.78 is 1.68. The number of amides is 2. The van der Waals surface area contributed by atoms with E-state index in [1.165, 1.54) is 11.3 Å². The Hall–Kier alpha value is -2.46. The number of hydrogen-bond acceptors (Lipinski definition) is 7. The molecule has 10 heteroatoms. The molecule has 2 aromatic rings. The van der Waals surface area contributed by atoms with E-state index in [1.54, 1.807) is 23.3 Å². The molecule has 4 N–H and O–H groups in total. The van der Waals surface area contributed by atoms with Crippen LogP contribution in [-0.4, -0.2) is 50.9 Å². The van der Waals surface area contributed by atoms with Crippen molar-refractivity contribution in [1.82, 2.24) is 25.4 Å². The third kappa shape index (κ3) is 4.83. The number of carbonyl (C=O) groups is 2. The van der Waals surface area contributed by atoms with Gasteiger partial charge in [-0.15, -0.1) is 11.3 Å². The van der Waals surface area contributed by atoms with Gasteiger partial charge in [0.05, 0.1) is 18.3 Å². The Labute approximate surface area is 161 Å². The summed E-state index contributed by atoms with van der Waals surface area (Å²) in [6.45, 7) is 0.411. The molecular formula is C17H24N6O3S. The lowest BCUT2D eigenvalue weighted by atomic mass is 9.83. The summed E-state index contributed by atoms with van der Waals surface area (Å²) in [6.07, 6.45) is 4.35. The van der Waals surface area contributed by atoms with E-state index in [2.05, 4.69) is 26.0 Å². The predicted molar refractivity (Wildman–Crippen MR) is 101 cm³/mol. The van der Waals surface area contributed by atoms with Crippen molar-refractivity contribution in [2.24, 2.45) is 13.0 Å². The Morgan fingerprint density at radius 2 is 2.22 bits per heavy atom. The summed E-state index contributed by atoms with van der Waals surface area (Å²) in [6, 6.07) is -0.472. The number of carbonyl (C=O) groups excluding carboxylic acids is 2. The number of nitrogens with zero attached hydrogens (tertiary/aromatic N) is 3. The Kier molecular flexibility index (Phi) is 6.07. The van der Waals surface area contributed by atoms with E-state index in [9.17, 15) is 14.7 Å². The van der Waals surface area contributed by atoms with Crippen LogP contribution < -0.4 is 16.0 Å². The zero-order valence-electron chi connectivity index (χ0n) is 15.3. The van der Waals surface area contributed by atoms with Gasteiger partial charge in [0.15, 0.2) is 5.13 Å². The van der Waals surface area contributed by atoms with Gasteiger partial charge in [0.25, 0.3) is 5.91 Å². The molecule has 0 radical (unpaired) electrons. The molecule has 1 fully saturated rings. The molecule has 2 heterocycles. The van der Waals surface area contributed by atoms with Gasteiger partial charge in [-0.3, -0.25) is 14.3 Å². The fourth-order valence-corrected chi connectivity index (χ4v) is 3.83. The maximum Gasteiger partial charge on any atom is 0.271 e. The van der Waals surface area contributed by atoms with Crippen LogP contribution in [0.25, 0.3) is 0 Å². The van der Waals surface area contributed by atoms with E-state index in [-0.39, 0.29) is 17.7 Å². The van der Waals surface area contributed by atoms with Crippen LogP contribution in [-0.2, 0) is 18.4 Å². The van der Waals surface area contributed by atoms with Gasteiger partial charge in [-0.1, -0.05) is 0 Å². The minimum absolute atomic E-state index is 0.0730. The fraction of sp³-hybridized carbons (Fsp3) is 0.529. The quantitative estimate of drug-likeness (QED) is 0.568. The van der Waals surface area contributed by atoms with Gasteiger partial charge in [0.2, 0.25) is 5.91 Å². The lowest BCUT2D eigenvalue weighted by Gasteiger charge is -2.33. The van der Waals surface area contributed by atoms with Crippen LogP contribution in [0.2, 0.25) is 0 Å². The molecule has 0 spiro atoms. The summed E-state index contributed by atoms with van der Waals surface area (Å²) in [7, 11) is 3.56. The number of anilines is 1. The first-order chi connectivity index (χ1) is 13.0. The third-order valence-corrected chi connectivity index (χ3v) is 5.54. The molecule has 3 atom stereocenters. The zero-order valence-corrected chi connectivity index (χ0v) is 16.1. The highest BCUT2D eigenvalue weighted by Gasteiger charge is 2.34. The number of thiazole rings is 1. The fourth-order valence-electron chi connectivity index (χ4n) is 3.18. The van der Waals surface area contributed by atoms with E-state index in [0.29, 0.717) is 36.6 Å². The van der Waals surface area contributed by atoms with Crippen LogP contribution in [0.4, 0.5) is 5.13 Å². The molecule has 9 nitrogen and oxygen atoms in total. The van der Waals surface area contributed by atoms with E-state index < -0.39 is 12.1 Å². The lowest BCUT2D eigenvalue weighted by molar-refractivity contribution is -0.127. The zero-order chi connectivity index (χ0) is 19.4. The van der Waals surface area contributed by atoms with E-state index in [0.717, 1.165) is 5.56 Å². The average molecular weight is 392 g/mol. The normalized spacial score (nSPS) is 22.3. The second-order valence-corrected chi connectivity index (χ2v) is 7.54. The van der Waals surface area contributed by atoms with Crippen molar-refractivity contribution in [2.45, 2.75) is 38.0 Å². The van der Waals surface area contributed by atoms with Gasteiger partial charge in [-0.05, 0) is 19.3 Å². The number of hydrogen-bond donors (Lipinski definition) is 4. The summed E-state index contributed by atoms with van der Waals surface area (Å²) in [5.74, 6) is -0.664. The van der Waals surface area contributed by atoms with Crippen molar-refractivity contribution < 1.29 is 14.7 Å². The molecule has 3 rings (SSSR count). The van der Waals surface area contributed by atoms with Gasteiger partial charge in [-0.2, -0.15) is 5.10 Å². The predicted octanol–water partition coefficient (Wildman–Crippen LogP) is 0.494. The smallest absolute Gasteiger partial charge is 0.271 e. The lowest BCUT2D eigenvalue weighted by Crippen LogP contribution is -2.49. The Morgan fingerprint density at radius 1 is 1.41 bits per heavy atom. The van der Waals surface area contributed by atoms with Crippen molar-refractivity contribution in [3.63, 3.8) is 0 Å². The minimum atomic E-state index is -0.668. The number of aliphatic hydroxyl groups excluding tert-OH is 1. The first kappa shape index (κ1) is 19.3. The SMILES string of the molecule is CNc1nc(C(=O)N[C@@H]2C[C@@H](C(=O)NCc3cnn(C)c3)CC[C@H]2O)cs1. The molecule has 0 unspecified atom stereocenters. The van der Waals surface area contributed by atoms with E-state index >= 15 is 0 Å². The number of rotatable bonds is 6. The van der Waals surface area contributed by atoms with Crippen LogP contribution in [0, 0.1) is 5.92 Å². The van der Waals surface area contributed by atoms with Crippen LogP contribution in [0.3, 0.4) is 0 Å². The average Bonchev–Trinajstić information content (AvgIpc) is 3.30. The number of aryl methyl sites for hydroxylation is 1. The molecule has 1 saturated carbocycles. The maximum atomic E-state index is 12.5. The number of aromatic nitrogens is 3. The van der Waals surface area contributed by atoms with Gasteiger partial charge >= 0.3 is 0 Å². The van der Waals surface area contributed by atoms with Crippen LogP contribution in [0.1, 0.15) is 35.3 Å². The van der Waals surface area contributed by atoms with Gasteiger partial charge in [-0.25, -0.2) is 4.98 Å². The third-order valence-electron chi connectivity index (χ3n) is 4.68. The summed E-state index contributed by atoms with van der Waals surface area (Å²) in [4.78, 5) is 29.0. The van der Waals surface area contributed by atoms with Crippen molar-refractivity contribution in [3.8, 4) is 0 Å². The molecule has 0 aliphatic heterocycles. The molecule has 27 heavy (non-hydrogen) atoms. The first-order valence-corrected chi connectivity index (χ1v) is 9.71. The van der Waals surface area contributed by atoms with Crippen LogP contribution in [0.15, 0.2) is 17.8 Å². The summed E-state index contributed by atoms with van der Waals surface area (Å²) in [5, 5.41) is 25.2. The van der Waals surface area contributed by atoms with E-state index in [1.807, 2.05) is 13.2 Å². The van der Waals surface area contributed by atoms with Crippen LogP contribution in [0.5, 0.6) is 0 Å². The minimum Gasteiger partial charge on any atom is -0.391 e. The number of nitrogens with one attached hydrogen (secondary N) is 3. The summed E-state index contributed by atoms with van der Waals surface area (Å²) >= 11 is 1.34. The second kappa shape index (κ2) is 8.49. The highest BCUT2D eigenvalue weighted by Crippen LogP contribution is 2.26. The van der Waals surface area contributed by atoms with Crippen molar-refractivity contribution in [3.05, 3.63) is 29.0 Å². The van der Waals surface area contributed by atoms with Gasteiger partial charge in [0.1, 0.15) is 5.69 Å². The Bertz CT molecular complexity index is 804. The topological polar surface area (TPSA) is 121 Å². The Balaban J connectivity index is 1.54. The van der Waals surface area contributed by atoms with Gasteiger partial charge < -0.3 is 21.1 Å². The summed E-state index contributed by atoms with van der Waals surface area (Å²) in [5.41, 5.74) is 1.23. The first-order valence-electron chi connectivity index (χ1n) is 8.83. The molecule has 1 aliphatic rings. The van der Waals surface area contributed by atoms with Crippen molar-refractivity contribution in [1.29, 1.82) is 0 Å². The molecule has 146 valence electrons. The second-order valence-electron chi connectivity index (χ2n) is 6.69. The van der Waals surface area contributed by atoms with Crippen LogP contribution >= 0.6 is 11.3 Å². The van der Waals surface area contributed by atoms with Crippen molar-refractivity contribution in [2.75, 3.05) is 12.4 Å². The monoisotopic (exact) mass is 392 g/mol. The van der Waals surface area contributed by atoms with E-state index in [4.69, 9.17) is 0 Å². The molecule has 0 saturated heterocycles. The highest BCUT2D eigenvalue weighted by molar-refractivity contribution is 7.13. The molecule has 2 aromatic heterocycles. The van der Waals surface area contributed by atoms with Crippen molar-refractivity contribution >= 4 is 28.3 Å². The van der Waals surface area contributed by atoms with Gasteiger partial charge in [0, 0.05) is 43.7 Å². The maximum absolute atomic E-state index is 12.5. The molecule has 1 aliphatic carbocycles. The molecular weight excluding hydrogens is 368 g/mol. The molecule has 0 bridgehead atoms. The standard InChI is InChI=1S/C17H24N6O3S/c1-18-17-22-13(9-27-17)16(26)21-12-5-11(3-4-14(12)24)15(25)19-6-10-7-20-23(2)8-10/h7-9,11-12,14,24H,3-6H2,1-2H3,(H,18,22)(H,19,25)(H,21,26)/t11-,12+,14+/m0/s1. The molecule has 0 aromatic carbocycles. The molecule has 2 amide bonds. The number of aliphatic hydroxyl groups is 1. The Morgan fingerprint density at radius 3 is 2.89 bits per heavy atom.